The third kappa shape index (κ3) is 5.29. The average molecular weight is 286 g/mol. The number of benzene rings is 1. The highest BCUT2D eigenvalue weighted by Gasteiger charge is 2.23. The number of rotatable bonds is 7. The van der Waals surface area contributed by atoms with E-state index in [-0.39, 0.29) is 0 Å². The topological polar surface area (TPSA) is 6.48 Å². The van der Waals surface area contributed by atoms with Gasteiger partial charge in [-0.1, -0.05) is 49.4 Å². The molecule has 1 aromatic rings. The number of piperidine rings is 1. The maximum atomic E-state index is 4.06. The quantitative estimate of drug-likeness (QED) is 0.707. The van der Waals surface area contributed by atoms with Gasteiger partial charge in [0.1, 0.15) is 0 Å². The molecule has 0 spiro atoms. The Morgan fingerprint density at radius 1 is 1.24 bits per heavy atom. The van der Waals surface area contributed by atoms with Crippen molar-refractivity contribution in [1.82, 2.24) is 9.80 Å². The molecule has 2 nitrogen and oxygen atoms in total. The van der Waals surface area contributed by atoms with Gasteiger partial charge in [-0.05, 0) is 51.4 Å². The molecular weight excluding hydrogens is 256 g/mol. The van der Waals surface area contributed by atoms with Crippen molar-refractivity contribution in [3.8, 4) is 0 Å². The Hall–Kier alpha value is -1.12. The summed E-state index contributed by atoms with van der Waals surface area (Å²) < 4.78 is 0. The fraction of sp³-hybridized carbons (Fsp3) is 0.579. The van der Waals surface area contributed by atoms with Gasteiger partial charge in [0, 0.05) is 19.1 Å². The molecular formula is C19H30N2. The van der Waals surface area contributed by atoms with Crippen LogP contribution in [0.1, 0.15) is 32.3 Å². The van der Waals surface area contributed by atoms with Crippen molar-refractivity contribution in [2.45, 2.75) is 39.2 Å². The summed E-state index contributed by atoms with van der Waals surface area (Å²) in [7, 11) is 0. The van der Waals surface area contributed by atoms with E-state index < -0.39 is 0 Å². The van der Waals surface area contributed by atoms with E-state index >= 15 is 0 Å². The zero-order valence-electron chi connectivity index (χ0n) is 13.7. The van der Waals surface area contributed by atoms with Gasteiger partial charge in [-0.25, -0.2) is 0 Å². The van der Waals surface area contributed by atoms with Crippen molar-refractivity contribution in [3.63, 3.8) is 0 Å². The molecule has 1 aliphatic rings. The standard InChI is InChI=1S/C19H30N2/c1-4-21(16-17(2)3)19-11-14-20(15-12-19)13-10-18-8-6-5-7-9-18/h5-9,19H,2,4,10-16H2,1,3H3. The highest BCUT2D eigenvalue weighted by Crippen LogP contribution is 2.17. The second-order valence-electron chi connectivity index (χ2n) is 6.33. The second-order valence-corrected chi connectivity index (χ2v) is 6.33. The third-order valence-corrected chi connectivity index (χ3v) is 4.51. The molecule has 21 heavy (non-hydrogen) atoms. The highest BCUT2D eigenvalue weighted by atomic mass is 15.2. The average Bonchev–Trinajstić information content (AvgIpc) is 2.52. The van der Waals surface area contributed by atoms with Gasteiger partial charge in [0.2, 0.25) is 0 Å². The molecule has 0 unspecified atom stereocenters. The van der Waals surface area contributed by atoms with Gasteiger partial charge < -0.3 is 4.90 Å². The summed E-state index contributed by atoms with van der Waals surface area (Å²) >= 11 is 0. The monoisotopic (exact) mass is 286 g/mol. The van der Waals surface area contributed by atoms with Crippen LogP contribution < -0.4 is 0 Å². The molecule has 1 fully saturated rings. The summed E-state index contributed by atoms with van der Waals surface area (Å²) in [6, 6.07) is 11.6. The lowest BCUT2D eigenvalue weighted by Crippen LogP contribution is -2.45. The van der Waals surface area contributed by atoms with Gasteiger partial charge in [-0.3, -0.25) is 4.90 Å². The molecule has 0 aliphatic carbocycles. The predicted octanol–water partition coefficient (Wildman–Crippen LogP) is 3.59. The minimum absolute atomic E-state index is 0.750. The van der Waals surface area contributed by atoms with Crippen LogP contribution in [0.3, 0.4) is 0 Å². The van der Waals surface area contributed by atoms with E-state index in [4.69, 9.17) is 0 Å². The molecule has 0 bridgehead atoms. The van der Waals surface area contributed by atoms with Crippen molar-refractivity contribution in [1.29, 1.82) is 0 Å². The Labute approximate surface area is 130 Å². The number of hydrogen-bond donors (Lipinski definition) is 0. The molecule has 1 heterocycles. The van der Waals surface area contributed by atoms with E-state index in [1.54, 1.807) is 0 Å². The van der Waals surface area contributed by atoms with Gasteiger partial charge >= 0.3 is 0 Å². The van der Waals surface area contributed by atoms with Crippen LogP contribution >= 0.6 is 0 Å². The Kier molecular flexibility index (Phi) is 6.47. The Balaban J connectivity index is 1.73. The van der Waals surface area contributed by atoms with Crippen molar-refractivity contribution < 1.29 is 0 Å². The minimum Gasteiger partial charge on any atom is -0.303 e. The van der Waals surface area contributed by atoms with E-state index in [1.165, 1.54) is 50.0 Å². The SMILES string of the molecule is C=C(C)CN(CC)C1CCN(CCc2ccccc2)CC1. The van der Waals surface area contributed by atoms with Gasteiger partial charge in [-0.15, -0.1) is 0 Å². The fourth-order valence-corrected chi connectivity index (χ4v) is 3.29. The van der Waals surface area contributed by atoms with Crippen molar-refractivity contribution in [3.05, 3.63) is 48.0 Å². The third-order valence-electron chi connectivity index (χ3n) is 4.51. The van der Waals surface area contributed by atoms with Crippen molar-refractivity contribution in [2.75, 3.05) is 32.7 Å². The summed E-state index contributed by atoms with van der Waals surface area (Å²) in [5.41, 5.74) is 2.74. The number of likely N-dealkylation sites (tertiary alicyclic amines) is 1. The first-order valence-corrected chi connectivity index (χ1v) is 8.33. The maximum absolute atomic E-state index is 4.06. The van der Waals surface area contributed by atoms with Gasteiger partial charge in [0.15, 0.2) is 0 Å². The Bertz CT molecular complexity index is 418. The van der Waals surface area contributed by atoms with Gasteiger partial charge in [0.05, 0.1) is 0 Å². The van der Waals surface area contributed by atoms with Crippen LogP contribution in [-0.2, 0) is 6.42 Å². The molecule has 1 aromatic carbocycles. The molecule has 0 aromatic heterocycles. The van der Waals surface area contributed by atoms with Crippen LogP contribution in [0.25, 0.3) is 0 Å². The lowest BCUT2D eigenvalue weighted by molar-refractivity contribution is 0.120. The van der Waals surface area contributed by atoms with E-state index in [9.17, 15) is 0 Å². The van der Waals surface area contributed by atoms with Gasteiger partial charge in [-0.2, -0.15) is 0 Å². The molecule has 116 valence electrons. The van der Waals surface area contributed by atoms with E-state index in [2.05, 4.69) is 60.6 Å². The second kappa shape index (κ2) is 8.35. The van der Waals surface area contributed by atoms with E-state index in [0.717, 1.165) is 19.1 Å². The summed E-state index contributed by atoms with van der Waals surface area (Å²) in [6.45, 7) is 14.3. The summed E-state index contributed by atoms with van der Waals surface area (Å²) in [5, 5.41) is 0. The smallest absolute Gasteiger partial charge is 0.0190 e. The number of likely N-dealkylation sites (N-methyl/N-ethyl adjacent to an activating group) is 1. The summed E-state index contributed by atoms with van der Waals surface area (Å²) in [4.78, 5) is 5.22. The van der Waals surface area contributed by atoms with E-state index in [1.807, 2.05) is 0 Å². The maximum Gasteiger partial charge on any atom is 0.0190 e. The minimum atomic E-state index is 0.750. The Morgan fingerprint density at radius 3 is 2.48 bits per heavy atom. The van der Waals surface area contributed by atoms with Crippen LogP contribution in [-0.4, -0.2) is 48.6 Å². The van der Waals surface area contributed by atoms with E-state index in [0.29, 0.717) is 0 Å². The molecule has 0 saturated carbocycles. The lowest BCUT2D eigenvalue weighted by atomic mass is 10.0. The fourth-order valence-electron chi connectivity index (χ4n) is 3.29. The van der Waals surface area contributed by atoms with Crippen LogP contribution in [0.4, 0.5) is 0 Å². The highest BCUT2D eigenvalue weighted by molar-refractivity contribution is 5.14. The first-order valence-electron chi connectivity index (χ1n) is 8.33. The molecule has 1 aliphatic heterocycles. The summed E-state index contributed by atoms with van der Waals surface area (Å²) in [6.07, 6.45) is 3.78. The normalized spacial score (nSPS) is 17.3. The first-order chi connectivity index (χ1) is 10.2. The van der Waals surface area contributed by atoms with Gasteiger partial charge in [0.25, 0.3) is 0 Å². The molecule has 2 rings (SSSR count). The van der Waals surface area contributed by atoms with Crippen LogP contribution in [0.2, 0.25) is 0 Å². The Morgan fingerprint density at radius 2 is 1.90 bits per heavy atom. The number of hydrogen-bond acceptors (Lipinski definition) is 2. The first kappa shape index (κ1) is 16.3. The molecule has 0 radical (unpaired) electrons. The molecule has 0 N–H and O–H groups in total. The zero-order chi connectivity index (χ0) is 15.1. The van der Waals surface area contributed by atoms with Crippen LogP contribution in [0, 0.1) is 0 Å². The lowest BCUT2D eigenvalue weighted by Gasteiger charge is -2.38. The zero-order valence-corrected chi connectivity index (χ0v) is 13.7. The van der Waals surface area contributed by atoms with Crippen molar-refractivity contribution >= 4 is 0 Å². The molecule has 2 heteroatoms. The molecule has 0 amide bonds. The predicted molar refractivity (Wildman–Crippen MR) is 91.7 cm³/mol. The van der Waals surface area contributed by atoms with Crippen molar-refractivity contribution in [2.24, 2.45) is 0 Å². The molecule has 0 atom stereocenters. The largest absolute Gasteiger partial charge is 0.303 e. The van der Waals surface area contributed by atoms with Crippen LogP contribution in [0.15, 0.2) is 42.5 Å². The summed E-state index contributed by atoms with van der Waals surface area (Å²) in [5.74, 6) is 0. The number of nitrogens with zero attached hydrogens (tertiary/aromatic N) is 2. The molecule has 1 saturated heterocycles. The van der Waals surface area contributed by atoms with Crippen LogP contribution in [0.5, 0.6) is 0 Å².